The van der Waals surface area contributed by atoms with Crippen molar-refractivity contribution < 1.29 is 22.8 Å². The van der Waals surface area contributed by atoms with Gasteiger partial charge in [0, 0.05) is 25.1 Å². The summed E-state index contributed by atoms with van der Waals surface area (Å²) >= 11 is 0. The second-order valence-corrected chi connectivity index (χ2v) is 12.6. The monoisotopic (exact) mass is 577 g/mol. The molecular weight excluding hydrogens is 538 g/mol. The van der Waals surface area contributed by atoms with Gasteiger partial charge in [0.15, 0.2) is 5.78 Å². The normalized spacial score (nSPS) is 12.0. The first-order chi connectivity index (χ1) is 19.3. The van der Waals surface area contributed by atoms with Crippen molar-refractivity contribution in [2.24, 2.45) is 5.92 Å². The molecule has 0 aliphatic rings. The van der Waals surface area contributed by atoms with Crippen LogP contribution in [-0.4, -0.2) is 56.3 Å². The quantitative estimate of drug-likeness (QED) is 0.304. The average Bonchev–Trinajstić information content (AvgIpc) is 2.92. The standard InChI is InChI=1S/C32H39N3O5S/c1-23(2)20-33-32(38)30(18-26-12-7-6-8-13-26)34(21-27-14-9-11-24(3)17-27)31(37)22-35(41(5,39)40)29-16-10-15-28(19-29)25(4)36/h6-17,19,23,30H,18,20-22H2,1-5H3,(H,33,38). The second kappa shape index (κ2) is 14.1. The highest BCUT2D eigenvalue weighted by atomic mass is 32.2. The highest BCUT2D eigenvalue weighted by Gasteiger charge is 2.33. The predicted molar refractivity (Wildman–Crippen MR) is 162 cm³/mol. The number of anilines is 1. The molecule has 3 rings (SSSR count). The molecule has 3 aromatic rings. The van der Waals surface area contributed by atoms with Crippen molar-refractivity contribution in [3.63, 3.8) is 0 Å². The van der Waals surface area contributed by atoms with E-state index < -0.39 is 28.5 Å². The van der Waals surface area contributed by atoms with E-state index in [2.05, 4.69) is 5.32 Å². The maximum absolute atomic E-state index is 14.1. The largest absolute Gasteiger partial charge is 0.354 e. The van der Waals surface area contributed by atoms with E-state index in [0.717, 1.165) is 27.3 Å². The van der Waals surface area contributed by atoms with Crippen LogP contribution in [0.3, 0.4) is 0 Å². The van der Waals surface area contributed by atoms with Crippen molar-refractivity contribution in [3.05, 3.63) is 101 Å². The fourth-order valence-electron chi connectivity index (χ4n) is 4.48. The van der Waals surface area contributed by atoms with Crippen LogP contribution in [0.2, 0.25) is 0 Å². The Kier molecular flexibility index (Phi) is 10.8. The number of ketones is 1. The Hall–Kier alpha value is -3.98. The van der Waals surface area contributed by atoms with Gasteiger partial charge in [-0.05, 0) is 43.0 Å². The summed E-state index contributed by atoms with van der Waals surface area (Å²) in [7, 11) is -3.92. The van der Waals surface area contributed by atoms with Crippen molar-refractivity contribution in [3.8, 4) is 0 Å². The lowest BCUT2D eigenvalue weighted by Gasteiger charge is -2.33. The Morgan fingerprint density at radius 2 is 1.54 bits per heavy atom. The van der Waals surface area contributed by atoms with Gasteiger partial charge < -0.3 is 10.2 Å². The van der Waals surface area contributed by atoms with Gasteiger partial charge in [0.05, 0.1) is 11.9 Å². The molecule has 0 aromatic heterocycles. The third-order valence-electron chi connectivity index (χ3n) is 6.61. The minimum absolute atomic E-state index is 0.109. The summed E-state index contributed by atoms with van der Waals surface area (Å²) in [5.41, 5.74) is 3.21. The third kappa shape index (κ3) is 9.28. The molecule has 0 heterocycles. The highest BCUT2D eigenvalue weighted by molar-refractivity contribution is 7.92. The zero-order valence-corrected chi connectivity index (χ0v) is 25.1. The SMILES string of the molecule is CC(=O)c1cccc(N(CC(=O)N(Cc2cccc(C)c2)C(Cc2ccccc2)C(=O)NCC(C)C)S(C)(=O)=O)c1. The molecule has 218 valence electrons. The molecule has 0 fully saturated rings. The zero-order chi connectivity index (χ0) is 30.2. The number of carbonyl (C=O) groups excluding carboxylic acids is 3. The first kappa shape index (κ1) is 31.5. The summed E-state index contributed by atoms with van der Waals surface area (Å²) < 4.78 is 26.9. The van der Waals surface area contributed by atoms with E-state index in [-0.39, 0.29) is 36.3 Å². The number of amides is 2. The second-order valence-electron chi connectivity index (χ2n) is 10.7. The number of carbonyl (C=O) groups is 3. The van der Waals surface area contributed by atoms with E-state index in [4.69, 9.17) is 0 Å². The molecule has 0 radical (unpaired) electrons. The lowest BCUT2D eigenvalue weighted by Crippen LogP contribution is -2.53. The molecular formula is C32H39N3O5S. The number of hydrogen-bond donors (Lipinski definition) is 1. The Morgan fingerprint density at radius 1 is 0.878 bits per heavy atom. The van der Waals surface area contributed by atoms with E-state index in [1.54, 1.807) is 18.2 Å². The maximum Gasteiger partial charge on any atom is 0.244 e. The maximum atomic E-state index is 14.1. The van der Waals surface area contributed by atoms with Gasteiger partial charge in [-0.25, -0.2) is 8.42 Å². The summed E-state index contributed by atoms with van der Waals surface area (Å²) in [5, 5.41) is 2.97. The summed E-state index contributed by atoms with van der Waals surface area (Å²) in [6.07, 6.45) is 1.27. The summed E-state index contributed by atoms with van der Waals surface area (Å²) in [5.74, 6) is -0.872. The fraction of sp³-hybridized carbons (Fsp3) is 0.344. The van der Waals surface area contributed by atoms with E-state index in [1.807, 2.05) is 75.4 Å². The Morgan fingerprint density at radius 3 is 2.15 bits per heavy atom. The van der Waals surface area contributed by atoms with Crippen LogP contribution in [-0.2, 0) is 32.6 Å². The summed E-state index contributed by atoms with van der Waals surface area (Å²) in [6.45, 7) is 7.32. The average molecular weight is 578 g/mol. The van der Waals surface area contributed by atoms with E-state index in [1.165, 1.54) is 17.9 Å². The van der Waals surface area contributed by atoms with Crippen molar-refractivity contribution in [1.82, 2.24) is 10.2 Å². The van der Waals surface area contributed by atoms with Crippen molar-refractivity contribution in [2.75, 3.05) is 23.7 Å². The Balaban J connectivity index is 2.07. The number of benzene rings is 3. The summed E-state index contributed by atoms with van der Waals surface area (Å²) in [6, 6.07) is 22.3. The van der Waals surface area contributed by atoms with Gasteiger partial charge in [0.25, 0.3) is 0 Å². The van der Waals surface area contributed by atoms with Gasteiger partial charge >= 0.3 is 0 Å². The Bertz CT molecular complexity index is 1470. The van der Waals surface area contributed by atoms with Gasteiger partial charge in [0.2, 0.25) is 21.8 Å². The van der Waals surface area contributed by atoms with Crippen LogP contribution in [0.25, 0.3) is 0 Å². The molecule has 0 bridgehead atoms. The number of Topliss-reactive ketones (excluding diaryl/α,β-unsaturated/α-hetero) is 1. The number of nitrogens with one attached hydrogen (secondary N) is 1. The highest BCUT2D eigenvalue weighted by Crippen LogP contribution is 2.22. The molecule has 1 N–H and O–H groups in total. The first-order valence-corrected chi connectivity index (χ1v) is 15.5. The molecule has 0 spiro atoms. The lowest BCUT2D eigenvalue weighted by molar-refractivity contribution is -0.140. The molecule has 0 aliphatic carbocycles. The first-order valence-electron chi connectivity index (χ1n) is 13.6. The minimum atomic E-state index is -3.92. The predicted octanol–water partition coefficient (Wildman–Crippen LogP) is 4.38. The van der Waals surface area contributed by atoms with Gasteiger partial charge in [-0.2, -0.15) is 0 Å². The van der Waals surface area contributed by atoms with Crippen LogP contribution in [0.1, 0.15) is 47.8 Å². The number of aryl methyl sites for hydroxylation is 1. The number of nitrogens with zero attached hydrogens (tertiary/aromatic N) is 2. The topological polar surface area (TPSA) is 104 Å². The van der Waals surface area contributed by atoms with E-state index in [9.17, 15) is 22.8 Å². The van der Waals surface area contributed by atoms with Crippen LogP contribution >= 0.6 is 0 Å². The Labute approximate surface area is 243 Å². The van der Waals surface area contributed by atoms with E-state index in [0.29, 0.717) is 12.1 Å². The van der Waals surface area contributed by atoms with E-state index >= 15 is 0 Å². The van der Waals surface area contributed by atoms with Crippen LogP contribution in [0.5, 0.6) is 0 Å². The third-order valence-corrected chi connectivity index (χ3v) is 7.75. The molecule has 2 amide bonds. The number of hydrogen-bond acceptors (Lipinski definition) is 5. The zero-order valence-electron chi connectivity index (χ0n) is 24.3. The molecule has 0 saturated carbocycles. The smallest absolute Gasteiger partial charge is 0.244 e. The summed E-state index contributed by atoms with van der Waals surface area (Å²) in [4.78, 5) is 41.2. The van der Waals surface area contributed by atoms with Gasteiger partial charge in [-0.1, -0.05) is 86.1 Å². The van der Waals surface area contributed by atoms with Crippen LogP contribution < -0.4 is 9.62 Å². The molecule has 9 heteroatoms. The van der Waals surface area contributed by atoms with Crippen LogP contribution in [0.15, 0.2) is 78.9 Å². The van der Waals surface area contributed by atoms with Gasteiger partial charge in [-0.3, -0.25) is 18.7 Å². The molecule has 1 unspecified atom stereocenters. The molecule has 0 saturated heterocycles. The van der Waals surface area contributed by atoms with Gasteiger partial charge in [0.1, 0.15) is 12.6 Å². The van der Waals surface area contributed by atoms with Crippen molar-refractivity contribution in [2.45, 2.75) is 46.7 Å². The molecule has 0 aliphatic heterocycles. The minimum Gasteiger partial charge on any atom is -0.354 e. The number of rotatable bonds is 13. The molecule has 1 atom stereocenters. The van der Waals surface area contributed by atoms with Crippen molar-refractivity contribution in [1.29, 1.82) is 0 Å². The lowest BCUT2D eigenvalue weighted by atomic mass is 10.0. The van der Waals surface area contributed by atoms with Crippen LogP contribution in [0, 0.1) is 12.8 Å². The molecule has 3 aromatic carbocycles. The fourth-order valence-corrected chi connectivity index (χ4v) is 5.32. The van der Waals surface area contributed by atoms with Crippen molar-refractivity contribution >= 4 is 33.3 Å². The molecule has 8 nitrogen and oxygen atoms in total. The van der Waals surface area contributed by atoms with Gasteiger partial charge in [-0.15, -0.1) is 0 Å². The number of sulfonamides is 1. The van der Waals surface area contributed by atoms with Crippen LogP contribution in [0.4, 0.5) is 5.69 Å². The molecule has 41 heavy (non-hydrogen) atoms.